The Morgan fingerprint density at radius 3 is 2.89 bits per heavy atom. The lowest BCUT2D eigenvalue weighted by molar-refractivity contribution is -0.116. The van der Waals surface area contributed by atoms with Crippen molar-refractivity contribution in [3.63, 3.8) is 0 Å². The van der Waals surface area contributed by atoms with Crippen LogP contribution in [0.2, 0.25) is 0 Å². The minimum absolute atomic E-state index is 0.215. The first-order valence-corrected chi connectivity index (χ1v) is 9.90. The monoisotopic (exact) mass is 382 g/mol. The zero-order valence-electron chi connectivity index (χ0n) is 14.9. The number of rotatable bonds is 4. The fourth-order valence-electron chi connectivity index (χ4n) is 3.09. The Bertz CT molecular complexity index is 1040. The van der Waals surface area contributed by atoms with Crippen molar-refractivity contribution < 1.29 is 9.18 Å². The topological polar surface area (TPSA) is 57.1 Å². The summed E-state index contributed by atoms with van der Waals surface area (Å²) in [5.41, 5.74) is 1.09. The van der Waals surface area contributed by atoms with Crippen molar-refractivity contribution in [3.05, 3.63) is 70.5 Å². The molecule has 0 aliphatic carbocycles. The number of hydrogen-bond acceptors (Lipinski definition) is 5. The van der Waals surface area contributed by atoms with Crippen LogP contribution in [-0.2, 0) is 4.79 Å². The van der Waals surface area contributed by atoms with Crippen LogP contribution in [0, 0.1) is 5.82 Å². The third-order valence-electron chi connectivity index (χ3n) is 4.40. The van der Waals surface area contributed by atoms with Gasteiger partial charge in [0.15, 0.2) is 11.3 Å². The largest absolute Gasteiger partial charge is 0.298 e. The number of nitrogens with one attached hydrogen (secondary N) is 1. The van der Waals surface area contributed by atoms with Crippen LogP contribution < -0.4 is 15.9 Å². The molecule has 2 aliphatic heterocycles. The van der Waals surface area contributed by atoms with E-state index in [1.165, 1.54) is 23.9 Å². The number of para-hydroxylation sites is 1. The second kappa shape index (κ2) is 7.52. The number of thioether (sulfide) groups is 1. The van der Waals surface area contributed by atoms with Crippen molar-refractivity contribution in [3.8, 4) is 0 Å². The third-order valence-corrected chi connectivity index (χ3v) is 5.35. The molecular formula is C20H19FN4OS. The first-order chi connectivity index (χ1) is 13.2. The molecule has 0 fully saturated rings. The number of carbonyl (C=O) groups excluding carboxylic acids is 1. The van der Waals surface area contributed by atoms with Crippen LogP contribution in [-0.4, -0.2) is 21.8 Å². The molecule has 1 atom stereocenters. The number of unbranched alkanes of at least 4 members (excludes halogenated alkanes) is 1. The average molecular weight is 382 g/mol. The molecule has 0 aromatic heterocycles. The Labute approximate surface area is 160 Å². The number of hydrazone groups is 1. The first-order valence-electron chi connectivity index (χ1n) is 8.92. The summed E-state index contributed by atoms with van der Waals surface area (Å²) in [5, 5.41) is 11.1. The van der Waals surface area contributed by atoms with Gasteiger partial charge in [0.05, 0.1) is 5.36 Å². The molecule has 5 nitrogen and oxygen atoms in total. The van der Waals surface area contributed by atoms with Crippen molar-refractivity contribution >= 4 is 28.5 Å². The van der Waals surface area contributed by atoms with E-state index in [0.717, 1.165) is 23.8 Å². The Morgan fingerprint density at radius 1 is 1.22 bits per heavy atom. The first kappa shape index (κ1) is 17.7. The summed E-state index contributed by atoms with van der Waals surface area (Å²) >= 11 is 1.51. The van der Waals surface area contributed by atoms with Crippen molar-refractivity contribution in [1.82, 2.24) is 10.3 Å². The predicted octanol–water partition coefficient (Wildman–Crippen LogP) is 2.50. The summed E-state index contributed by atoms with van der Waals surface area (Å²) in [6, 6.07) is 13.7. The molecule has 27 heavy (non-hydrogen) atoms. The van der Waals surface area contributed by atoms with E-state index in [1.54, 1.807) is 17.1 Å². The van der Waals surface area contributed by atoms with E-state index in [9.17, 15) is 9.18 Å². The molecule has 2 aromatic rings. The highest BCUT2D eigenvalue weighted by Crippen LogP contribution is 2.30. The highest BCUT2D eigenvalue weighted by molar-refractivity contribution is 8.13. The van der Waals surface area contributed by atoms with Crippen LogP contribution in [0.25, 0.3) is 5.70 Å². The van der Waals surface area contributed by atoms with Crippen LogP contribution in [0.5, 0.6) is 0 Å². The van der Waals surface area contributed by atoms with Gasteiger partial charge in [0.25, 0.3) is 5.91 Å². The second-order valence-electron chi connectivity index (χ2n) is 6.33. The maximum Gasteiger partial charge on any atom is 0.276 e. The van der Waals surface area contributed by atoms with Gasteiger partial charge in [0, 0.05) is 16.5 Å². The van der Waals surface area contributed by atoms with Gasteiger partial charge in [-0.2, -0.15) is 0 Å². The van der Waals surface area contributed by atoms with Gasteiger partial charge < -0.3 is 0 Å². The molecule has 4 rings (SSSR count). The average Bonchev–Trinajstić information content (AvgIpc) is 2.67. The highest BCUT2D eigenvalue weighted by Gasteiger charge is 2.34. The van der Waals surface area contributed by atoms with Gasteiger partial charge >= 0.3 is 0 Å². The van der Waals surface area contributed by atoms with Crippen LogP contribution >= 0.6 is 11.8 Å². The molecule has 0 unspecified atom stereocenters. The summed E-state index contributed by atoms with van der Waals surface area (Å²) in [6.07, 6.45) is 1.53. The van der Waals surface area contributed by atoms with E-state index in [2.05, 4.69) is 17.3 Å². The van der Waals surface area contributed by atoms with Gasteiger partial charge in [-0.3, -0.25) is 15.1 Å². The SMILES string of the molecule is CCCCSC1=NN2C(=c3ccccc3=N[C@H]2c2cccc(F)c2)C(=O)N1. The zero-order chi connectivity index (χ0) is 18.8. The maximum atomic E-state index is 13.8. The van der Waals surface area contributed by atoms with Crippen molar-refractivity contribution in [2.45, 2.75) is 25.9 Å². The van der Waals surface area contributed by atoms with Crippen molar-refractivity contribution in [2.24, 2.45) is 10.1 Å². The van der Waals surface area contributed by atoms with Gasteiger partial charge in [0.2, 0.25) is 0 Å². The molecule has 0 bridgehead atoms. The molecule has 138 valence electrons. The van der Waals surface area contributed by atoms with Crippen LogP contribution in [0.4, 0.5) is 4.39 Å². The Hall–Kier alpha value is -2.67. The number of benzene rings is 2. The smallest absolute Gasteiger partial charge is 0.276 e. The molecule has 0 radical (unpaired) electrons. The second-order valence-corrected chi connectivity index (χ2v) is 7.41. The molecule has 0 spiro atoms. The Balaban J connectivity index is 1.84. The van der Waals surface area contributed by atoms with Crippen molar-refractivity contribution in [2.75, 3.05) is 5.75 Å². The van der Waals surface area contributed by atoms with E-state index >= 15 is 0 Å². The van der Waals surface area contributed by atoms with Gasteiger partial charge in [-0.15, -0.1) is 5.10 Å². The molecule has 7 heteroatoms. The molecule has 2 aromatic carbocycles. The molecule has 0 saturated carbocycles. The molecule has 2 aliphatic rings. The number of hydrogen-bond donors (Lipinski definition) is 1. The number of halogens is 1. The molecule has 1 amide bonds. The summed E-state index contributed by atoms with van der Waals surface area (Å²) in [5.74, 6) is 0.316. The van der Waals surface area contributed by atoms with E-state index in [1.807, 2.05) is 24.3 Å². The van der Waals surface area contributed by atoms with Gasteiger partial charge in [0.1, 0.15) is 11.5 Å². The summed E-state index contributed by atoms with van der Waals surface area (Å²) in [4.78, 5) is 17.6. The molecule has 1 N–H and O–H groups in total. The highest BCUT2D eigenvalue weighted by atomic mass is 32.2. The van der Waals surface area contributed by atoms with Crippen LogP contribution in [0.3, 0.4) is 0 Å². The Morgan fingerprint density at radius 2 is 2.07 bits per heavy atom. The standard InChI is InChI=1S/C20H19FN4OS/c1-2-3-11-27-20-23-19(26)17-15-9-4-5-10-16(15)22-18(25(17)24-20)13-7-6-8-14(21)12-13/h4-10,12,18H,2-3,11H2,1H3,(H,23,24,26)/t18-/m1/s1. The Kier molecular flexibility index (Phi) is 4.94. The number of amides is 1. The van der Waals surface area contributed by atoms with E-state index in [-0.39, 0.29) is 11.7 Å². The number of fused-ring (bicyclic) bond motifs is 2. The third kappa shape index (κ3) is 3.47. The lowest BCUT2D eigenvalue weighted by atomic mass is 10.1. The van der Waals surface area contributed by atoms with Crippen molar-refractivity contribution in [1.29, 1.82) is 0 Å². The number of amidine groups is 1. The molecule has 0 saturated heterocycles. The van der Waals surface area contributed by atoms with Gasteiger partial charge in [-0.05, 0) is 24.6 Å². The quantitative estimate of drug-likeness (QED) is 0.827. The summed E-state index contributed by atoms with van der Waals surface area (Å²) < 4.78 is 13.8. The fraction of sp³-hybridized carbons (Fsp3) is 0.250. The minimum atomic E-state index is -0.585. The van der Waals surface area contributed by atoms with E-state index in [4.69, 9.17) is 4.99 Å². The number of carbonyl (C=O) groups is 1. The number of nitrogens with zero attached hydrogens (tertiary/aromatic N) is 3. The minimum Gasteiger partial charge on any atom is -0.298 e. The summed E-state index contributed by atoms with van der Waals surface area (Å²) in [6.45, 7) is 2.12. The maximum absolute atomic E-state index is 13.8. The predicted molar refractivity (Wildman–Crippen MR) is 105 cm³/mol. The lowest BCUT2D eigenvalue weighted by Gasteiger charge is -2.34. The van der Waals surface area contributed by atoms with Crippen LogP contribution in [0.1, 0.15) is 31.5 Å². The summed E-state index contributed by atoms with van der Waals surface area (Å²) in [7, 11) is 0. The van der Waals surface area contributed by atoms with Crippen LogP contribution in [0.15, 0.2) is 58.6 Å². The van der Waals surface area contributed by atoms with E-state index in [0.29, 0.717) is 21.8 Å². The molecule has 2 heterocycles. The van der Waals surface area contributed by atoms with Gasteiger partial charge in [-0.25, -0.2) is 9.40 Å². The van der Waals surface area contributed by atoms with Gasteiger partial charge in [-0.1, -0.05) is 55.4 Å². The normalized spacial score (nSPS) is 18.2. The van der Waals surface area contributed by atoms with E-state index < -0.39 is 6.17 Å². The molecular weight excluding hydrogens is 363 g/mol. The fourth-order valence-corrected chi connectivity index (χ4v) is 4.03. The lowest BCUT2D eigenvalue weighted by Crippen LogP contribution is -2.50. The zero-order valence-corrected chi connectivity index (χ0v) is 15.7.